The van der Waals surface area contributed by atoms with Crippen molar-refractivity contribution in [1.82, 2.24) is 5.32 Å². The molecule has 16 heavy (non-hydrogen) atoms. The molecule has 0 radical (unpaired) electrons. The van der Waals surface area contributed by atoms with Crippen molar-refractivity contribution in [2.75, 3.05) is 32.6 Å². The van der Waals surface area contributed by atoms with Crippen LogP contribution in [0.2, 0.25) is 0 Å². The zero-order valence-electron chi connectivity index (χ0n) is 10.6. The van der Waals surface area contributed by atoms with Crippen molar-refractivity contribution in [2.24, 2.45) is 5.73 Å². The minimum Gasteiger partial charge on any atom is -0.383 e. The molecular weight excluding hydrogens is 220 g/mol. The Hall–Kier alpha value is 0.230. The Balaban J connectivity index is 2.24. The highest BCUT2D eigenvalue weighted by atomic mass is 32.2. The third-order valence-corrected chi connectivity index (χ3v) is 4.73. The van der Waals surface area contributed by atoms with Crippen molar-refractivity contribution in [3.63, 3.8) is 0 Å². The fraction of sp³-hybridized carbons (Fsp3) is 1.00. The number of nitrogens with one attached hydrogen (secondary N) is 1. The number of rotatable bonds is 8. The van der Waals surface area contributed by atoms with Crippen LogP contribution in [0.5, 0.6) is 0 Å². The molecular formula is C12H26N2OS. The van der Waals surface area contributed by atoms with Gasteiger partial charge in [-0.3, -0.25) is 0 Å². The maximum Gasteiger partial charge on any atom is 0.0615 e. The first kappa shape index (κ1) is 14.3. The van der Waals surface area contributed by atoms with Crippen molar-refractivity contribution >= 4 is 11.8 Å². The molecule has 0 aromatic heterocycles. The highest BCUT2D eigenvalue weighted by molar-refractivity contribution is 8.00. The molecule has 0 amide bonds. The van der Waals surface area contributed by atoms with E-state index in [9.17, 15) is 0 Å². The van der Waals surface area contributed by atoms with E-state index in [2.05, 4.69) is 24.0 Å². The van der Waals surface area contributed by atoms with E-state index in [-0.39, 0.29) is 0 Å². The van der Waals surface area contributed by atoms with Crippen LogP contribution < -0.4 is 11.1 Å². The normalized spacial score (nSPS) is 27.2. The Morgan fingerprint density at radius 1 is 1.56 bits per heavy atom. The predicted molar refractivity (Wildman–Crippen MR) is 72.1 cm³/mol. The first-order valence-electron chi connectivity index (χ1n) is 6.26. The molecule has 2 unspecified atom stereocenters. The van der Waals surface area contributed by atoms with Gasteiger partial charge in [0.15, 0.2) is 0 Å². The van der Waals surface area contributed by atoms with Crippen LogP contribution in [0, 0.1) is 0 Å². The fourth-order valence-electron chi connectivity index (χ4n) is 2.15. The van der Waals surface area contributed by atoms with Gasteiger partial charge in [0.05, 0.1) is 6.61 Å². The molecule has 1 aliphatic heterocycles. The van der Waals surface area contributed by atoms with Crippen LogP contribution in [0.15, 0.2) is 0 Å². The standard InChI is InChI=1S/C12H26N2OS/c1-12(6-4-8-16-12)10-14-11(9-15-2)5-3-7-13/h11,14H,3-10,13H2,1-2H3. The maximum absolute atomic E-state index is 5.54. The van der Waals surface area contributed by atoms with Crippen molar-refractivity contribution in [1.29, 1.82) is 0 Å². The third-order valence-electron chi connectivity index (χ3n) is 3.19. The fourth-order valence-corrected chi connectivity index (χ4v) is 3.40. The lowest BCUT2D eigenvalue weighted by Gasteiger charge is -2.27. The Kier molecular flexibility index (Phi) is 6.73. The van der Waals surface area contributed by atoms with E-state index in [0.717, 1.165) is 32.5 Å². The van der Waals surface area contributed by atoms with Crippen LogP contribution in [0.4, 0.5) is 0 Å². The van der Waals surface area contributed by atoms with Gasteiger partial charge in [0.2, 0.25) is 0 Å². The Morgan fingerprint density at radius 3 is 2.94 bits per heavy atom. The first-order chi connectivity index (χ1) is 7.70. The van der Waals surface area contributed by atoms with E-state index >= 15 is 0 Å². The van der Waals surface area contributed by atoms with Gasteiger partial charge in [-0.15, -0.1) is 0 Å². The van der Waals surface area contributed by atoms with Crippen LogP contribution in [0.3, 0.4) is 0 Å². The van der Waals surface area contributed by atoms with Crippen LogP contribution in [-0.4, -0.2) is 43.3 Å². The van der Waals surface area contributed by atoms with Crippen LogP contribution >= 0.6 is 11.8 Å². The molecule has 0 saturated carbocycles. The van der Waals surface area contributed by atoms with Crippen molar-refractivity contribution < 1.29 is 4.74 Å². The summed E-state index contributed by atoms with van der Waals surface area (Å²) in [5.74, 6) is 1.32. The molecule has 1 fully saturated rings. The van der Waals surface area contributed by atoms with Crippen LogP contribution in [0.25, 0.3) is 0 Å². The molecule has 2 atom stereocenters. The molecule has 1 heterocycles. The molecule has 1 aliphatic rings. The quantitative estimate of drug-likeness (QED) is 0.683. The van der Waals surface area contributed by atoms with Gasteiger partial charge >= 0.3 is 0 Å². The third kappa shape index (κ3) is 5.04. The second-order valence-electron chi connectivity index (χ2n) is 4.87. The van der Waals surface area contributed by atoms with Gasteiger partial charge in [-0.25, -0.2) is 0 Å². The summed E-state index contributed by atoms with van der Waals surface area (Å²) in [6.07, 6.45) is 4.89. The zero-order chi connectivity index (χ0) is 11.9. The smallest absolute Gasteiger partial charge is 0.0615 e. The highest BCUT2D eigenvalue weighted by Gasteiger charge is 2.29. The topological polar surface area (TPSA) is 47.3 Å². The largest absolute Gasteiger partial charge is 0.383 e. The number of hydrogen-bond donors (Lipinski definition) is 2. The number of ether oxygens (including phenoxy) is 1. The summed E-state index contributed by atoms with van der Waals surface area (Å²) >= 11 is 2.10. The Morgan fingerprint density at radius 2 is 2.38 bits per heavy atom. The lowest BCUT2D eigenvalue weighted by Crippen LogP contribution is -2.41. The average molecular weight is 246 g/mol. The molecule has 1 rings (SSSR count). The Labute approximate surface area is 104 Å². The molecule has 0 bridgehead atoms. The summed E-state index contributed by atoms with van der Waals surface area (Å²) in [6.45, 7) is 5.02. The summed E-state index contributed by atoms with van der Waals surface area (Å²) in [5, 5.41) is 3.64. The van der Waals surface area contributed by atoms with Crippen LogP contribution in [-0.2, 0) is 4.74 Å². The second-order valence-corrected chi connectivity index (χ2v) is 6.55. The summed E-state index contributed by atoms with van der Waals surface area (Å²) in [4.78, 5) is 0. The lowest BCUT2D eigenvalue weighted by atomic mass is 10.0. The van der Waals surface area contributed by atoms with Crippen molar-refractivity contribution in [3.8, 4) is 0 Å². The van der Waals surface area contributed by atoms with E-state index in [0.29, 0.717) is 10.8 Å². The van der Waals surface area contributed by atoms with Crippen molar-refractivity contribution in [3.05, 3.63) is 0 Å². The molecule has 1 saturated heterocycles. The number of nitrogens with two attached hydrogens (primary N) is 1. The summed E-state index contributed by atoms with van der Waals surface area (Å²) in [6, 6.07) is 0.464. The molecule has 0 aliphatic carbocycles. The molecule has 3 N–H and O–H groups in total. The van der Waals surface area contributed by atoms with Gasteiger partial charge in [-0.05, 0) is 44.9 Å². The number of thioether (sulfide) groups is 1. The predicted octanol–water partition coefficient (Wildman–Crippen LogP) is 1.62. The summed E-state index contributed by atoms with van der Waals surface area (Å²) in [5.41, 5.74) is 5.54. The molecule has 0 aromatic carbocycles. The lowest BCUT2D eigenvalue weighted by molar-refractivity contribution is 0.160. The number of hydrogen-bond acceptors (Lipinski definition) is 4. The minimum atomic E-state index is 0.439. The SMILES string of the molecule is COCC(CCCN)NCC1(C)CCCS1. The van der Waals surface area contributed by atoms with Gasteiger partial charge in [0.1, 0.15) is 0 Å². The number of methoxy groups -OCH3 is 1. The van der Waals surface area contributed by atoms with Crippen molar-refractivity contribution in [2.45, 2.75) is 43.4 Å². The summed E-state index contributed by atoms with van der Waals surface area (Å²) in [7, 11) is 1.77. The highest BCUT2D eigenvalue weighted by Crippen LogP contribution is 2.37. The Bertz CT molecular complexity index is 184. The van der Waals surface area contributed by atoms with Gasteiger partial charge in [-0.2, -0.15) is 11.8 Å². The van der Waals surface area contributed by atoms with E-state index < -0.39 is 0 Å². The van der Waals surface area contributed by atoms with Gasteiger partial charge in [0.25, 0.3) is 0 Å². The molecule has 0 aromatic rings. The minimum absolute atomic E-state index is 0.439. The van der Waals surface area contributed by atoms with Gasteiger partial charge in [-0.1, -0.05) is 0 Å². The average Bonchev–Trinajstić information content (AvgIpc) is 2.70. The monoisotopic (exact) mass is 246 g/mol. The summed E-state index contributed by atoms with van der Waals surface area (Å²) < 4.78 is 5.68. The van der Waals surface area contributed by atoms with Gasteiger partial charge in [0, 0.05) is 24.4 Å². The van der Waals surface area contributed by atoms with E-state index in [1.54, 1.807) is 7.11 Å². The first-order valence-corrected chi connectivity index (χ1v) is 7.25. The molecule has 96 valence electrons. The molecule has 0 spiro atoms. The molecule has 4 heteroatoms. The second kappa shape index (κ2) is 7.54. The van der Waals surface area contributed by atoms with E-state index in [1.165, 1.54) is 18.6 Å². The molecule has 3 nitrogen and oxygen atoms in total. The van der Waals surface area contributed by atoms with E-state index in [4.69, 9.17) is 10.5 Å². The van der Waals surface area contributed by atoms with Crippen LogP contribution in [0.1, 0.15) is 32.6 Å². The maximum atomic E-state index is 5.54. The van der Waals surface area contributed by atoms with Gasteiger partial charge < -0.3 is 15.8 Å². The van der Waals surface area contributed by atoms with E-state index in [1.807, 2.05) is 0 Å². The zero-order valence-corrected chi connectivity index (χ0v) is 11.4.